The summed E-state index contributed by atoms with van der Waals surface area (Å²) in [7, 11) is 1.76. The predicted octanol–water partition coefficient (Wildman–Crippen LogP) is 3.53. The highest BCUT2D eigenvalue weighted by molar-refractivity contribution is 6.33. The number of hydrogen-bond donors (Lipinski definition) is 1. The number of alkyl halides is 1. The average molecular weight is 268 g/mol. The maximum Gasteiger partial charge on any atom is 0.130 e. The van der Waals surface area contributed by atoms with Crippen molar-refractivity contribution >= 4 is 17.4 Å². The zero-order chi connectivity index (χ0) is 13.5. The summed E-state index contributed by atoms with van der Waals surface area (Å²) in [5.74, 6) is 0.552. The Labute approximate surface area is 110 Å². The second kappa shape index (κ2) is 4.28. The Bertz CT molecular complexity index is 565. The smallest absolute Gasteiger partial charge is 0.130 e. The van der Waals surface area contributed by atoms with Gasteiger partial charge in [-0.1, -0.05) is 23.7 Å². The Morgan fingerprint density at radius 2 is 2.00 bits per heavy atom. The first-order valence-corrected chi connectivity index (χ1v) is 5.95. The number of aromatic nitrogens is 2. The summed E-state index contributed by atoms with van der Waals surface area (Å²) < 4.78 is 15.4. The first-order chi connectivity index (χ1) is 8.29. The van der Waals surface area contributed by atoms with Gasteiger partial charge in [0.25, 0.3) is 0 Å². The fourth-order valence-corrected chi connectivity index (χ4v) is 1.98. The van der Waals surface area contributed by atoms with Gasteiger partial charge in [0.2, 0.25) is 0 Å². The molecule has 0 amide bonds. The summed E-state index contributed by atoms with van der Waals surface area (Å²) in [6.07, 6.45) is 0. The lowest BCUT2D eigenvalue weighted by atomic mass is 9.98. The number of anilines is 1. The monoisotopic (exact) mass is 267 g/mol. The summed E-state index contributed by atoms with van der Waals surface area (Å²) >= 11 is 6.17. The molecular weight excluding hydrogens is 253 g/mol. The van der Waals surface area contributed by atoms with E-state index < -0.39 is 5.67 Å². The minimum atomic E-state index is -1.41. The summed E-state index contributed by atoms with van der Waals surface area (Å²) in [4.78, 5) is 0. The number of nitrogens with two attached hydrogens (primary N) is 1. The van der Waals surface area contributed by atoms with Gasteiger partial charge in [-0.2, -0.15) is 5.10 Å². The molecule has 1 aromatic carbocycles. The zero-order valence-electron chi connectivity index (χ0n) is 10.5. The number of hydrogen-bond acceptors (Lipinski definition) is 2. The van der Waals surface area contributed by atoms with Gasteiger partial charge >= 0.3 is 0 Å². The molecule has 0 bridgehead atoms. The number of nitrogens with zero attached hydrogens (tertiary/aromatic N) is 2. The van der Waals surface area contributed by atoms with Crippen LogP contribution in [0.5, 0.6) is 0 Å². The molecule has 2 rings (SSSR count). The van der Waals surface area contributed by atoms with Crippen LogP contribution in [0.2, 0.25) is 5.02 Å². The van der Waals surface area contributed by atoms with Crippen molar-refractivity contribution in [1.29, 1.82) is 0 Å². The maximum absolute atomic E-state index is 13.8. The second-order valence-corrected chi connectivity index (χ2v) is 5.15. The molecule has 0 unspecified atom stereocenters. The summed E-state index contributed by atoms with van der Waals surface area (Å²) in [6, 6.07) is 6.84. The summed E-state index contributed by atoms with van der Waals surface area (Å²) in [5, 5.41) is 4.72. The number of aryl methyl sites for hydroxylation is 1. The van der Waals surface area contributed by atoms with Crippen molar-refractivity contribution in [3.63, 3.8) is 0 Å². The van der Waals surface area contributed by atoms with Crippen LogP contribution in [-0.2, 0) is 12.7 Å². The van der Waals surface area contributed by atoms with Crippen LogP contribution in [0, 0.1) is 0 Å². The van der Waals surface area contributed by atoms with Crippen molar-refractivity contribution in [3.05, 3.63) is 34.9 Å². The Hall–Kier alpha value is -1.55. The molecule has 3 nitrogen and oxygen atoms in total. The van der Waals surface area contributed by atoms with Crippen molar-refractivity contribution < 1.29 is 4.39 Å². The molecule has 0 aliphatic heterocycles. The third kappa shape index (κ3) is 2.34. The third-order valence-corrected chi connectivity index (χ3v) is 3.16. The van der Waals surface area contributed by atoms with Gasteiger partial charge in [0, 0.05) is 18.7 Å². The van der Waals surface area contributed by atoms with Crippen LogP contribution in [0.1, 0.15) is 19.4 Å². The highest BCUT2D eigenvalue weighted by Gasteiger charge is 2.20. The van der Waals surface area contributed by atoms with E-state index in [2.05, 4.69) is 5.10 Å². The largest absolute Gasteiger partial charge is 0.384 e. The van der Waals surface area contributed by atoms with Crippen molar-refractivity contribution in [1.82, 2.24) is 9.78 Å². The van der Waals surface area contributed by atoms with E-state index in [0.29, 0.717) is 22.1 Å². The number of nitrogen functional groups attached to an aromatic ring is 1. The fraction of sp³-hybridized carbons (Fsp3) is 0.308. The molecule has 5 heteroatoms. The van der Waals surface area contributed by atoms with E-state index in [1.807, 2.05) is 0 Å². The maximum atomic E-state index is 13.8. The van der Waals surface area contributed by atoms with Crippen molar-refractivity contribution in [2.45, 2.75) is 19.5 Å². The molecule has 0 saturated heterocycles. The molecule has 0 radical (unpaired) electrons. The standard InChI is InChI=1S/C13H15ClFN3/c1-13(2,15)8-4-5-9(10(14)6-8)11-7-12(16)18(3)17-11/h4-7H,16H2,1-3H3. The average Bonchev–Trinajstić information content (AvgIpc) is 2.57. The highest BCUT2D eigenvalue weighted by Crippen LogP contribution is 2.33. The molecule has 0 aliphatic carbocycles. The lowest BCUT2D eigenvalue weighted by Gasteiger charge is -2.15. The third-order valence-electron chi connectivity index (χ3n) is 2.85. The first kappa shape index (κ1) is 12.9. The molecule has 0 atom stereocenters. The molecule has 0 saturated carbocycles. The van der Waals surface area contributed by atoms with E-state index in [4.69, 9.17) is 17.3 Å². The topological polar surface area (TPSA) is 43.8 Å². The van der Waals surface area contributed by atoms with Crippen LogP contribution in [0.3, 0.4) is 0 Å². The molecule has 1 heterocycles. The molecule has 96 valence electrons. The van der Waals surface area contributed by atoms with Gasteiger partial charge in [-0.05, 0) is 25.5 Å². The number of benzene rings is 1. The minimum Gasteiger partial charge on any atom is -0.384 e. The Morgan fingerprint density at radius 3 is 2.44 bits per heavy atom. The van der Waals surface area contributed by atoms with Crippen LogP contribution in [-0.4, -0.2) is 9.78 Å². The van der Waals surface area contributed by atoms with Crippen LogP contribution in [0.15, 0.2) is 24.3 Å². The molecule has 2 N–H and O–H groups in total. The normalized spacial score (nSPS) is 11.8. The van der Waals surface area contributed by atoms with E-state index >= 15 is 0 Å². The zero-order valence-corrected chi connectivity index (χ0v) is 11.3. The number of rotatable bonds is 2. The number of halogens is 2. The van der Waals surface area contributed by atoms with Gasteiger partial charge < -0.3 is 5.73 Å². The first-order valence-electron chi connectivity index (χ1n) is 5.58. The van der Waals surface area contributed by atoms with Crippen LogP contribution < -0.4 is 5.73 Å². The molecule has 0 spiro atoms. The lowest BCUT2D eigenvalue weighted by molar-refractivity contribution is 0.221. The molecular formula is C13H15ClFN3. The second-order valence-electron chi connectivity index (χ2n) is 4.75. The van der Waals surface area contributed by atoms with Crippen LogP contribution >= 0.6 is 11.6 Å². The Morgan fingerprint density at radius 1 is 1.33 bits per heavy atom. The molecule has 1 aromatic heterocycles. The van der Waals surface area contributed by atoms with Crippen molar-refractivity contribution in [2.75, 3.05) is 5.73 Å². The van der Waals surface area contributed by atoms with E-state index in [-0.39, 0.29) is 0 Å². The minimum absolute atomic E-state index is 0.469. The van der Waals surface area contributed by atoms with Crippen molar-refractivity contribution in [2.24, 2.45) is 7.05 Å². The quantitative estimate of drug-likeness (QED) is 0.905. The van der Waals surface area contributed by atoms with E-state index in [1.54, 1.807) is 36.0 Å². The van der Waals surface area contributed by atoms with E-state index in [1.165, 1.54) is 13.8 Å². The predicted molar refractivity (Wildman–Crippen MR) is 72.2 cm³/mol. The summed E-state index contributed by atoms with van der Waals surface area (Å²) in [6.45, 7) is 2.99. The van der Waals surface area contributed by atoms with Gasteiger partial charge in [0.15, 0.2) is 0 Å². The highest BCUT2D eigenvalue weighted by atomic mass is 35.5. The molecule has 0 fully saturated rings. The van der Waals surface area contributed by atoms with Crippen molar-refractivity contribution in [3.8, 4) is 11.3 Å². The molecule has 18 heavy (non-hydrogen) atoms. The molecule has 0 aliphatic rings. The van der Waals surface area contributed by atoms with Gasteiger partial charge in [-0.25, -0.2) is 4.39 Å². The van der Waals surface area contributed by atoms with Gasteiger partial charge in [-0.3, -0.25) is 4.68 Å². The Balaban J connectivity index is 2.48. The SMILES string of the molecule is Cn1nc(-c2ccc(C(C)(C)F)cc2Cl)cc1N. The van der Waals surface area contributed by atoms with Gasteiger partial charge in [-0.15, -0.1) is 0 Å². The van der Waals surface area contributed by atoms with E-state index in [0.717, 1.165) is 5.56 Å². The fourth-order valence-electron chi connectivity index (χ4n) is 1.71. The molecule has 2 aromatic rings. The Kier molecular flexibility index (Phi) is 3.07. The van der Waals surface area contributed by atoms with E-state index in [9.17, 15) is 4.39 Å². The van der Waals surface area contributed by atoms with Gasteiger partial charge in [0.05, 0.1) is 10.7 Å². The van der Waals surface area contributed by atoms with Gasteiger partial charge in [0.1, 0.15) is 11.5 Å². The van der Waals surface area contributed by atoms with Crippen LogP contribution in [0.25, 0.3) is 11.3 Å². The lowest BCUT2D eigenvalue weighted by Crippen LogP contribution is -2.08. The van der Waals surface area contributed by atoms with Crippen LogP contribution in [0.4, 0.5) is 10.2 Å². The summed E-state index contributed by atoms with van der Waals surface area (Å²) in [5.41, 5.74) is 6.29.